The van der Waals surface area contributed by atoms with Gasteiger partial charge in [0.25, 0.3) is 0 Å². The van der Waals surface area contributed by atoms with Gasteiger partial charge in [-0.2, -0.15) is 0 Å². The molecule has 26 heavy (non-hydrogen) atoms. The molecule has 1 saturated heterocycles. The lowest BCUT2D eigenvalue weighted by molar-refractivity contribution is -0.136. The van der Waals surface area contributed by atoms with E-state index in [0.717, 1.165) is 6.42 Å². The number of benzene rings is 1. The number of hydrogen-bond donors (Lipinski definition) is 1. The van der Waals surface area contributed by atoms with Gasteiger partial charge in [-0.15, -0.1) is 0 Å². The van der Waals surface area contributed by atoms with E-state index in [1.807, 2.05) is 6.92 Å². The molecule has 1 unspecified atom stereocenters. The molecule has 0 saturated carbocycles. The predicted octanol–water partition coefficient (Wildman–Crippen LogP) is 2.24. The number of methoxy groups -OCH3 is 1. The van der Waals surface area contributed by atoms with E-state index in [1.165, 1.54) is 18.2 Å². The number of piperazine rings is 1. The van der Waals surface area contributed by atoms with Gasteiger partial charge in [0.1, 0.15) is 6.61 Å². The number of rotatable bonds is 6. The molecule has 6 nitrogen and oxygen atoms in total. The molecule has 0 aromatic heterocycles. The summed E-state index contributed by atoms with van der Waals surface area (Å²) in [6.07, 6.45) is 0.802. The minimum atomic E-state index is -0.0601. The van der Waals surface area contributed by atoms with Crippen LogP contribution in [-0.4, -0.2) is 67.7 Å². The van der Waals surface area contributed by atoms with Crippen molar-refractivity contribution in [1.29, 1.82) is 0 Å². The van der Waals surface area contributed by atoms with E-state index in [4.69, 9.17) is 4.74 Å². The standard InChI is InChI=1S/C20H31N3O3/c1-15(2)18-7-5-17(6-8-18)13-16(3)21-20(25)23-11-9-22(10-12-23)19(24)14-26-4/h5-8,15-16H,9-14H2,1-4H3,(H,21,25). The minimum Gasteiger partial charge on any atom is -0.375 e. The quantitative estimate of drug-likeness (QED) is 0.845. The number of hydrogen-bond acceptors (Lipinski definition) is 3. The van der Waals surface area contributed by atoms with Crippen molar-refractivity contribution in [3.8, 4) is 0 Å². The maximum absolute atomic E-state index is 12.4. The number of carbonyl (C=O) groups excluding carboxylic acids is 2. The van der Waals surface area contributed by atoms with Gasteiger partial charge in [-0.1, -0.05) is 38.1 Å². The zero-order chi connectivity index (χ0) is 19.1. The molecule has 1 aliphatic heterocycles. The van der Waals surface area contributed by atoms with Crippen LogP contribution in [-0.2, 0) is 16.0 Å². The lowest BCUT2D eigenvalue weighted by atomic mass is 9.99. The van der Waals surface area contributed by atoms with Gasteiger partial charge >= 0.3 is 6.03 Å². The Morgan fingerprint density at radius 3 is 2.15 bits per heavy atom. The van der Waals surface area contributed by atoms with Gasteiger partial charge < -0.3 is 19.9 Å². The third-order valence-electron chi connectivity index (χ3n) is 4.75. The van der Waals surface area contributed by atoms with Crippen molar-refractivity contribution in [2.24, 2.45) is 0 Å². The summed E-state index contributed by atoms with van der Waals surface area (Å²) in [4.78, 5) is 27.8. The molecule has 6 heteroatoms. The highest BCUT2D eigenvalue weighted by Gasteiger charge is 2.24. The lowest BCUT2D eigenvalue weighted by Gasteiger charge is -2.35. The smallest absolute Gasteiger partial charge is 0.317 e. The normalized spacial score (nSPS) is 15.9. The molecule has 1 fully saturated rings. The number of carbonyl (C=O) groups is 2. The van der Waals surface area contributed by atoms with E-state index in [1.54, 1.807) is 9.80 Å². The minimum absolute atomic E-state index is 0.0224. The van der Waals surface area contributed by atoms with Crippen molar-refractivity contribution in [2.75, 3.05) is 39.9 Å². The van der Waals surface area contributed by atoms with Crippen molar-refractivity contribution >= 4 is 11.9 Å². The molecule has 0 aliphatic carbocycles. The largest absolute Gasteiger partial charge is 0.375 e. The van der Waals surface area contributed by atoms with Crippen molar-refractivity contribution in [3.63, 3.8) is 0 Å². The van der Waals surface area contributed by atoms with Crippen LogP contribution < -0.4 is 5.32 Å². The SMILES string of the molecule is COCC(=O)N1CCN(C(=O)NC(C)Cc2ccc(C(C)C)cc2)CC1. The van der Waals surface area contributed by atoms with Crippen molar-refractivity contribution < 1.29 is 14.3 Å². The number of amides is 3. The van der Waals surface area contributed by atoms with E-state index in [2.05, 4.69) is 43.4 Å². The van der Waals surface area contributed by atoms with Crippen LogP contribution in [0.4, 0.5) is 4.79 Å². The second kappa shape index (κ2) is 9.57. The Labute approximate surface area is 156 Å². The van der Waals surface area contributed by atoms with E-state index in [-0.39, 0.29) is 24.6 Å². The van der Waals surface area contributed by atoms with Crippen LogP contribution in [0.1, 0.15) is 37.8 Å². The Kier molecular flexibility index (Phi) is 7.45. The highest BCUT2D eigenvalue weighted by Crippen LogP contribution is 2.15. The monoisotopic (exact) mass is 361 g/mol. The van der Waals surface area contributed by atoms with Crippen LogP contribution in [0.2, 0.25) is 0 Å². The van der Waals surface area contributed by atoms with Crippen molar-refractivity contribution in [2.45, 2.75) is 39.2 Å². The van der Waals surface area contributed by atoms with Crippen LogP contribution in [0.25, 0.3) is 0 Å². The number of ether oxygens (including phenoxy) is 1. The third-order valence-corrected chi connectivity index (χ3v) is 4.75. The summed E-state index contributed by atoms with van der Waals surface area (Å²) in [6.45, 7) is 8.70. The summed E-state index contributed by atoms with van der Waals surface area (Å²) in [5.41, 5.74) is 2.54. The van der Waals surface area contributed by atoms with Crippen LogP contribution in [0, 0.1) is 0 Å². The van der Waals surface area contributed by atoms with Gasteiger partial charge in [0, 0.05) is 39.3 Å². The summed E-state index contributed by atoms with van der Waals surface area (Å²) in [7, 11) is 1.51. The Bertz CT molecular complexity index is 593. The Morgan fingerprint density at radius 1 is 1.04 bits per heavy atom. The van der Waals surface area contributed by atoms with Gasteiger partial charge in [-0.3, -0.25) is 4.79 Å². The summed E-state index contributed by atoms with van der Waals surface area (Å²) >= 11 is 0. The first-order valence-corrected chi connectivity index (χ1v) is 9.31. The molecule has 0 spiro atoms. The molecule has 2 rings (SSSR count). The first-order chi connectivity index (χ1) is 12.4. The number of nitrogens with zero attached hydrogens (tertiary/aromatic N) is 2. The molecule has 1 aliphatic rings. The van der Waals surface area contributed by atoms with Crippen molar-refractivity contribution in [3.05, 3.63) is 35.4 Å². The number of urea groups is 1. The maximum atomic E-state index is 12.4. The second-order valence-corrected chi connectivity index (χ2v) is 7.25. The van der Waals surface area contributed by atoms with Gasteiger partial charge in [-0.05, 0) is 30.4 Å². The van der Waals surface area contributed by atoms with Crippen LogP contribution in [0.15, 0.2) is 24.3 Å². The summed E-state index contributed by atoms with van der Waals surface area (Å²) in [5.74, 6) is 0.501. The summed E-state index contributed by atoms with van der Waals surface area (Å²) < 4.78 is 4.88. The molecule has 1 atom stereocenters. The fourth-order valence-corrected chi connectivity index (χ4v) is 3.12. The van der Waals surface area contributed by atoms with E-state index < -0.39 is 0 Å². The van der Waals surface area contributed by atoms with Gasteiger partial charge in [0.15, 0.2) is 0 Å². The zero-order valence-electron chi connectivity index (χ0n) is 16.3. The molecule has 1 N–H and O–H groups in total. The zero-order valence-corrected chi connectivity index (χ0v) is 16.3. The third kappa shape index (κ3) is 5.73. The van der Waals surface area contributed by atoms with Crippen LogP contribution in [0.3, 0.4) is 0 Å². The first kappa shape index (κ1) is 20.2. The molecule has 144 valence electrons. The second-order valence-electron chi connectivity index (χ2n) is 7.25. The Morgan fingerprint density at radius 2 is 1.62 bits per heavy atom. The molecular formula is C20H31N3O3. The van der Waals surface area contributed by atoms with Gasteiger partial charge in [-0.25, -0.2) is 4.79 Å². The van der Waals surface area contributed by atoms with E-state index >= 15 is 0 Å². The maximum Gasteiger partial charge on any atom is 0.317 e. The molecular weight excluding hydrogens is 330 g/mol. The topological polar surface area (TPSA) is 61.9 Å². The van der Waals surface area contributed by atoms with Gasteiger partial charge in [0.2, 0.25) is 5.91 Å². The fourth-order valence-electron chi connectivity index (χ4n) is 3.12. The van der Waals surface area contributed by atoms with Gasteiger partial charge in [0.05, 0.1) is 0 Å². The Hall–Kier alpha value is -2.08. The van der Waals surface area contributed by atoms with E-state index in [0.29, 0.717) is 32.1 Å². The lowest BCUT2D eigenvalue weighted by Crippen LogP contribution is -2.55. The van der Waals surface area contributed by atoms with Crippen LogP contribution in [0.5, 0.6) is 0 Å². The number of nitrogens with one attached hydrogen (secondary N) is 1. The molecule has 0 bridgehead atoms. The molecule has 1 aromatic carbocycles. The molecule has 3 amide bonds. The fraction of sp³-hybridized carbons (Fsp3) is 0.600. The average molecular weight is 361 g/mol. The highest BCUT2D eigenvalue weighted by atomic mass is 16.5. The Balaban J connectivity index is 1.77. The summed E-state index contributed by atoms with van der Waals surface area (Å²) in [5, 5.41) is 3.06. The molecule has 1 heterocycles. The molecule has 0 radical (unpaired) electrons. The summed E-state index contributed by atoms with van der Waals surface area (Å²) in [6, 6.07) is 8.59. The average Bonchev–Trinajstić information content (AvgIpc) is 2.62. The highest BCUT2D eigenvalue weighted by molar-refractivity contribution is 5.78. The predicted molar refractivity (Wildman–Crippen MR) is 102 cm³/mol. The van der Waals surface area contributed by atoms with Crippen molar-refractivity contribution in [1.82, 2.24) is 15.1 Å². The first-order valence-electron chi connectivity index (χ1n) is 9.31. The van der Waals surface area contributed by atoms with E-state index in [9.17, 15) is 9.59 Å². The van der Waals surface area contributed by atoms with Crippen LogP contribution >= 0.6 is 0 Å². The molecule has 1 aromatic rings.